The number of aromatic nitrogens is 1. The Morgan fingerprint density at radius 2 is 1.52 bits per heavy atom. The van der Waals surface area contributed by atoms with E-state index in [2.05, 4.69) is 58.3 Å². The van der Waals surface area contributed by atoms with Gasteiger partial charge < -0.3 is 9.84 Å². The van der Waals surface area contributed by atoms with E-state index in [0.717, 1.165) is 27.6 Å². The van der Waals surface area contributed by atoms with Gasteiger partial charge in [-0.25, -0.2) is 4.79 Å². The van der Waals surface area contributed by atoms with E-state index in [1.165, 1.54) is 16.2 Å². The van der Waals surface area contributed by atoms with E-state index in [1.54, 1.807) is 6.07 Å². The van der Waals surface area contributed by atoms with Gasteiger partial charge >= 0.3 is 6.03 Å². The third kappa shape index (κ3) is 2.95. The van der Waals surface area contributed by atoms with Gasteiger partial charge in [0.1, 0.15) is 5.76 Å². The summed E-state index contributed by atoms with van der Waals surface area (Å²) in [4.78, 5) is 12.6. The van der Waals surface area contributed by atoms with Gasteiger partial charge in [0, 0.05) is 16.9 Å². The van der Waals surface area contributed by atoms with Crippen LogP contribution in [0.5, 0.6) is 0 Å². The lowest BCUT2D eigenvalue weighted by Gasteiger charge is -2.14. The number of carbonyl (C=O) groups is 1. The Balaban J connectivity index is 1.50. The van der Waals surface area contributed by atoms with Gasteiger partial charge in [-0.15, -0.1) is 0 Å². The van der Waals surface area contributed by atoms with Crippen LogP contribution in [0.1, 0.15) is 26.5 Å². The molecule has 1 aromatic heterocycles. The number of rotatable bonds is 2. The highest BCUT2D eigenvalue weighted by Gasteiger charge is 2.20. The van der Waals surface area contributed by atoms with Crippen LogP contribution in [0.3, 0.4) is 0 Å². The SMILES string of the molecule is CC(C)(C)c1cc(NC(=O)Nc2ccc3ccc4cccc5ccc2c3c45)no1. The molecule has 29 heavy (non-hydrogen) atoms. The summed E-state index contributed by atoms with van der Waals surface area (Å²) in [6, 6.07) is 20.1. The number of urea groups is 1. The number of benzene rings is 4. The first kappa shape index (κ1) is 17.5. The van der Waals surface area contributed by atoms with Crippen molar-refractivity contribution < 1.29 is 9.32 Å². The average molecular weight is 383 g/mol. The van der Waals surface area contributed by atoms with Crippen LogP contribution in [-0.2, 0) is 5.41 Å². The van der Waals surface area contributed by atoms with E-state index < -0.39 is 0 Å². The zero-order chi connectivity index (χ0) is 20.2. The summed E-state index contributed by atoms with van der Waals surface area (Å²) < 4.78 is 5.34. The molecule has 0 saturated heterocycles. The van der Waals surface area contributed by atoms with E-state index in [-0.39, 0.29) is 11.4 Å². The molecular formula is C24H21N3O2. The predicted molar refractivity (Wildman–Crippen MR) is 118 cm³/mol. The van der Waals surface area contributed by atoms with Gasteiger partial charge in [-0.3, -0.25) is 5.32 Å². The van der Waals surface area contributed by atoms with Crippen LogP contribution < -0.4 is 10.6 Å². The van der Waals surface area contributed by atoms with Crippen LogP contribution in [0, 0.1) is 0 Å². The van der Waals surface area contributed by atoms with Crippen LogP contribution in [-0.4, -0.2) is 11.2 Å². The zero-order valence-corrected chi connectivity index (χ0v) is 16.5. The first-order chi connectivity index (χ1) is 13.9. The summed E-state index contributed by atoms with van der Waals surface area (Å²) in [6.07, 6.45) is 0. The molecule has 5 rings (SSSR count). The molecule has 2 amide bonds. The van der Waals surface area contributed by atoms with Crippen LogP contribution >= 0.6 is 0 Å². The summed E-state index contributed by atoms with van der Waals surface area (Å²) in [7, 11) is 0. The van der Waals surface area contributed by atoms with Crippen molar-refractivity contribution in [3.8, 4) is 0 Å². The van der Waals surface area contributed by atoms with Crippen molar-refractivity contribution in [2.24, 2.45) is 0 Å². The Kier molecular flexibility index (Phi) is 3.74. The molecule has 0 aliphatic carbocycles. The number of nitrogens with one attached hydrogen (secondary N) is 2. The number of anilines is 2. The summed E-state index contributed by atoms with van der Waals surface area (Å²) >= 11 is 0. The Morgan fingerprint density at radius 1 is 0.862 bits per heavy atom. The summed E-state index contributed by atoms with van der Waals surface area (Å²) in [5, 5.41) is 16.6. The first-order valence-electron chi connectivity index (χ1n) is 9.62. The quantitative estimate of drug-likeness (QED) is 0.341. The molecule has 0 saturated carbocycles. The van der Waals surface area contributed by atoms with E-state index in [0.29, 0.717) is 5.82 Å². The molecule has 4 aromatic carbocycles. The van der Waals surface area contributed by atoms with Crippen molar-refractivity contribution in [1.82, 2.24) is 5.16 Å². The van der Waals surface area contributed by atoms with Crippen LogP contribution in [0.15, 0.2) is 65.2 Å². The molecule has 0 atom stereocenters. The second-order valence-electron chi connectivity index (χ2n) is 8.37. The lowest BCUT2D eigenvalue weighted by molar-refractivity contribution is 0.262. The van der Waals surface area contributed by atoms with Crippen molar-refractivity contribution >= 4 is 49.9 Å². The molecule has 5 aromatic rings. The fourth-order valence-corrected chi connectivity index (χ4v) is 3.80. The molecule has 5 nitrogen and oxygen atoms in total. The van der Waals surface area contributed by atoms with Gasteiger partial charge in [-0.2, -0.15) is 0 Å². The molecule has 0 unspecified atom stereocenters. The molecular weight excluding hydrogens is 362 g/mol. The fourth-order valence-electron chi connectivity index (χ4n) is 3.80. The number of hydrogen-bond donors (Lipinski definition) is 2. The molecule has 0 fully saturated rings. The highest BCUT2D eigenvalue weighted by Crippen LogP contribution is 2.37. The number of hydrogen-bond acceptors (Lipinski definition) is 3. The Labute approximate surface area is 168 Å². The lowest BCUT2D eigenvalue weighted by Crippen LogP contribution is -2.19. The van der Waals surface area contributed by atoms with Crippen molar-refractivity contribution in [3.05, 3.63) is 66.4 Å². The van der Waals surface area contributed by atoms with Crippen molar-refractivity contribution in [3.63, 3.8) is 0 Å². The topological polar surface area (TPSA) is 67.2 Å². The fraction of sp³-hybridized carbons (Fsp3) is 0.167. The minimum Gasteiger partial charge on any atom is -0.359 e. The van der Waals surface area contributed by atoms with Gasteiger partial charge in [-0.05, 0) is 33.0 Å². The highest BCUT2D eigenvalue weighted by atomic mass is 16.5. The summed E-state index contributed by atoms with van der Waals surface area (Å²) in [5.41, 5.74) is 0.586. The normalized spacial score (nSPS) is 12.1. The second kappa shape index (κ2) is 6.21. The van der Waals surface area contributed by atoms with Crippen LogP contribution in [0.25, 0.3) is 32.3 Å². The zero-order valence-electron chi connectivity index (χ0n) is 16.5. The minimum absolute atomic E-state index is 0.171. The first-order valence-corrected chi connectivity index (χ1v) is 9.62. The molecule has 2 N–H and O–H groups in total. The largest absolute Gasteiger partial charge is 0.359 e. The van der Waals surface area contributed by atoms with Crippen molar-refractivity contribution in [2.45, 2.75) is 26.2 Å². The molecule has 5 heteroatoms. The third-order valence-electron chi connectivity index (χ3n) is 5.27. The maximum atomic E-state index is 12.6. The van der Waals surface area contributed by atoms with Crippen molar-refractivity contribution in [2.75, 3.05) is 10.6 Å². The standard InChI is InChI=1S/C24H21N3O2/c1-24(2,3)19-13-20(27-29-19)26-23(28)25-18-12-10-16-8-7-14-5-4-6-15-9-11-17(18)22(16)21(14)15/h4-13H,1-3H3,(H2,25,26,27,28). The maximum Gasteiger partial charge on any atom is 0.324 e. The van der Waals surface area contributed by atoms with Gasteiger partial charge in [0.05, 0.1) is 5.69 Å². The number of carbonyl (C=O) groups excluding carboxylic acids is 1. The highest BCUT2D eigenvalue weighted by molar-refractivity contribution is 6.26. The predicted octanol–water partition coefficient (Wildman–Crippen LogP) is 6.51. The Morgan fingerprint density at radius 3 is 2.21 bits per heavy atom. The van der Waals surface area contributed by atoms with Crippen molar-refractivity contribution in [1.29, 1.82) is 0 Å². The number of nitrogens with zero attached hydrogens (tertiary/aromatic N) is 1. The molecule has 0 spiro atoms. The van der Waals surface area contributed by atoms with Gasteiger partial charge in [0.15, 0.2) is 5.82 Å². The van der Waals surface area contributed by atoms with Gasteiger partial charge in [0.25, 0.3) is 0 Å². The molecule has 0 aliphatic heterocycles. The third-order valence-corrected chi connectivity index (χ3v) is 5.27. The molecule has 0 radical (unpaired) electrons. The lowest BCUT2D eigenvalue weighted by atomic mass is 9.93. The van der Waals surface area contributed by atoms with E-state index in [1.807, 2.05) is 32.9 Å². The molecule has 144 valence electrons. The Hall–Kier alpha value is -3.60. The van der Waals surface area contributed by atoms with E-state index in [9.17, 15) is 4.79 Å². The molecule has 0 aliphatic rings. The van der Waals surface area contributed by atoms with E-state index in [4.69, 9.17) is 4.52 Å². The maximum absolute atomic E-state index is 12.6. The average Bonchev–Trinajstić information content (AvgIpc) is 3.16. The second-order valence-corrected chi connectivity index (χ2v) is 8.37. The Bertz CT molecular complexity index is 1350. The monoisotopic (exact) mass is 383 g/mol. The van der Waals surface area contributed by atoms with Crippen LogP contribution in [0.4, 0.5) is 16.3 Å². The molecule has 1 heterocycles. The minimum atomic E-state index is -0.353. The van der Waals surface area contributed by atoms with Gasteiger partial charge in [0.2, 0.25) is 0 Å². The smallest absolute Gasteiger partial charge is 0.324 e. The van der Waals surface area contributed by atoms with Crippen LogP contribution in [0.2, 0.25) is 0 Å². The summed E-state index contributed by atoms with van der Waals surface area (Å²) in [6.45, 7) is 6.09. The van der Waals surface area contributed by atoms with E-state index >= 15 is 0 Å². The summed E-state index contributed by atoms with van der Waals surface area (Å²) in [5.74, 6) is 1.11. The van der Waals surface area contributed by atoms with Gasteiger partial charge in [-0.1, -0.05) is 74.5 Å². The number of amides is 2. The molecule has 0 bridgehead atoms.